The van der Waals surface area contributed by atoms with Crippen molar-refractivity contribution in [2.75, 3.05) is 33.0 Å². The molecule has 2 aromatic rings. The summed E-state index contributed by atoms with van der Waals surface area (Å²) in [6, 6.07) is 18.6. The topological polar surface area (TPSA) is 61.8 Å². The van der Waals surface area contributed by atoms with E-state index in [9.17, 15) is 9.59 Å². The molecule has 184 valence electrons. The number of aliphatic imine (C=N–C) groups is 1. The Balaban J connectivity index is 1.64. The summed E-state index contributed by atoms with van der Waals surface area (Å²) in [5, 5.41) is 3.64. The number of carbonyl (C=O) groups excluding carboxylic acids is 2. The van der Waals surface area contributed by atoms with Crippen molar-refractivity contribution in [3.63, 3.8) is 0 Å². The minimum atomic E-state index is -0.434. The van der Waals surface area contributed by atoms with Crippen LogP contribution in [0.5, 0.6) is 0 Å². The van der Waals surface area contributed by atoms with Crippen LogP contribution < -0.4 is 5.32 Å². The van der Waals surface area contributed by atoms with Crippen molar-refractivity contribution >= 4 is 23.2 Å². The Morgan fingerprint density at radius 2 is 1.77 bits per heavy atom. The van der Waals surface area contributed by atoms with E-state index in [2.05, 4.69) is 50.3 Å². The second kappa shape index (κ2) is 10.2. The highest BCUT2D eigenvalue weighted by atomic mass is 16.2. The number of hydrogen-bond acceptors (Lipinski definition) is 4. The van der Waals surface area contributed by atoms with Crippen LogP contribution >= 0.6 is 0 Å². The zero-order valence-electron chi connectivity index (χ0n) is 21.3. The molecule has 1 saturated heterocycles. The summed E-state index contributed by atoms with van der Waals surface area (Å²) in [5.74, 6) is -1.16. The maximum absolute atomic E-state index is 13.4. The van der Waals surface area contributed by atoms with Crippen LogP contribution in [0.15, 0.2) is 71.7 Å². The third kappa shape index (κ3) is 5.22. The number of likely N-dealkylation sites (tertiary alicyclic amines) is 1. The van der Waals surface area contributed by atoms with Crippen LogP contribution in [0, 0.1) is 11.8 Å². The van der Waals surface area contributed by atoms with Gasteiger partial charge in [-0.3, -0.25) is 19.5 Å². The van der Waals surface area contributed by atoms with Gasteiger partial charge in [0.15, 0.2) is 6.17 Å². The van der Waals surface area contributed by atoms with Gasteiger partial charge in [0.25, 0.3) is 5.91 Å². The number of para-hydroxylation sites is 1. The summed E-state index contributed by atoms with van der Waals surface area (Å²) in [6.07, 6.45) is 3.15. The number of imide groups is 1. The highest BCUT2D eigenvalue weighted by Gasteiger charge is 2.50. The molecule has 1 fully saturated rings. The van der Waals surface area contributed by atoms with Gasteiger partial charge in [0.05, 0.1) is 14.1 Å². The molecular formula is C29H37N4O2+. The van der Waals surface area contributed by atoms with Crippen molar-refractivity contribution in [3.8, 4) is 0 Å². The minimum Gasteiger partial charge on any atom is -0.336 e. The second-order valence-corrected chi connectivity index (χ2v) is 10.4. The van der Waals surface area contributed by atoms with Crippen LogP contribution in [0.1, 0.15) is 37.3 Å². The number of piperidine rings is 1. The molecule has 3 unspecified atom stereocenters. The van der Waals surface area contributed by atoms with Crippen molar-refractivity contribution in [1.82, 2.24) is 4.90 Å². The summed E-state index contributed by atoms with van der Waals surface area (Å²) in [6.45, 7) is 7.61. The number of amides is 2. The van der Waals surface area contributed by atoms with E-state index < -0.39 is 5.92 Å². The third-order valence-corrected chi connectivity index (χ3v) is 7.47. The molecule has 0 saturated carbocycles. The van der Waals surface area contributed by atoms with Crippen LogP contribution in [-0.2, 0) is 16.1 Å². The Labute approximate surface area is 208 Å². The Morgan fingerprint density at radius 3 is 2.40 bits per heavy atom. The molecule has 2 amide bonds. The molecule has 0 radical (unpaired) electrons. The zero-order valence-corrected chi connectivity index (χ0v) is 21.3. The third-order valence-electron chi connectivity index (χ3n) is 7.47. The van der Waals surface area contributed by atoms with Gasteiger partial charge in [0.2, 0.25) is 5.91 Å². The van der Waals surface area contributed by atoms with E-state index in [0.29, 0.717) is 10.1 Å². The van der Waals surface area contributed by atoms with Crippen LogP contribution in [0.2, 0.25) is 0 Å². The number of hydrogen-bond donors (Lipinski definition) is 1. The molecule has 2 aliphatic heterocycles. The van der Waals surface area contributed by atoms with E-state index in [1.807, 2.05) is 37.3 Å². The number of quaternary nitrogens is 1. The maximum atomic E-state index is 13.4. The van der Waals surface area contributed by atoms with Gasteiger partial charge in [0, 0.05) is 42.0 Å². The largest absolute Gasteiger partial charge is 0.336 e. The number of carbonyl (C=O) groups is 2. The predicted octanol–water partition coefficient (Wildman–Crippen LogP) is 4.48. The number of nitrogens with zero attached hydrogens (tertiary/aromatic N) is 3. The fraction of sp³-hybridized carbons (Fsp3) is 0.414. The first-order valence-corrected chi connectivity index (χ1v) is 12.5. The average Bonchev–Trinajstić information content (AvgIpc) is 2.87. The van der Waals surface area contributed by atoms with Gasteiger partial charge >= 0.3 is 0 Å². The van der Waals surface area contributed by atoms with Gasteiger partial charge in [-0.15, -0.1) is 0 Å². The number of nitrogens with one attached hydrogen (secondary N) is 1. The molecular weight excluding hydrogens is 436 g/mol. The first-order valence-electron chi connectivity index (χ1n) is 12.5. The molecule has 6 nitrogen and oxygen atoms in total. The minimum absolute atomic E-state index is 0.166. The Bertz CT molecular complexity index is 1120. The lowest BCUT2D eigenvalue weighted by Crippen LogP contribution is -2.63. The van der Waals surface area contributed by atoms with Crippen LogP contribution in [-0.4, -0.2) is 60.8 Å². The zero-order chi connectivity index (χ0) is 25.2. The molecule has 4 rings (SSSR count). The van der Waals surface area contributed by atoms with Crippen LogP contribution in [0.3, 0.4) is 0 Å². The summed E-state index contributed by atoms with van der Waals surface area (Å²) in [7, 11) is 5.83. The first-order chi connectivity index (χ1) is 16.7. The molecule has 2 aliphatic rings. The summed E-state index contributed by atoms with van der Waals surface area (Å²) >= 11 is 0. The fourth-order valence-corrected chi connectivity index (χ4v) is 5.28. The van der Waals surface area contributed by atoms with Crippen LogP contribution in [0.4, 0.5) is 5.69 Å². The van der Waals surface area contributed by atoms with Crippen molar-refractivity contribution < 1.29 is 14.1 Å². The highest BCUT2D eigenvalue weighted by molar-refractivity contribution is 6.08. The first kappa shape index (κ1) is 24.9. The average molecular weight is 474 g/mol. The van der Waals surface area contributed by atoms with Gasteiger partial charge in [-0.25, -0.2) is 0 Å². The lowest BCUT2D eigenvalue weighted by Gasteiger charge is -2.46. The van der Waals surface area contributed by atoms with E-state index in [1.165, 1.54) is 34.6 Å². The SMILES string of the molecule is C=C1C(=O)N(C)C(=O)C(C(Nc2ccccc2)[N+](C)(C)Cc2ccc(C3=NCCCC3)cc2)C1C. The standard InChI is InChI=1S/C29H37N4O2/c1-20-21(2)28(34)32(3)29(35)26(20)27(31-24-11-7-6-8-12-24)33(4,5)19-22-14-16-23(17-15-22)25-13-9-10-18-30-25/h6-8,11-12,14-17,20,26-27,31H,2,9-10,13,18-19H2,1,3-5H3/q+1. The molecule has 2 aromatic carbocycles. The lowest BCUT2D eigenvalue weighted by atomic mass is 9.79. The van der Waals surface area contributed by atoms with Crippen molar-refractivity contribution in [2.24, 2.45) is 16.8 Å². The molecule has 6 heteroatoms. The second-order valence-electron chi connectivity index (χ2n) is 10.4. The summed E-state index contributed by atoms with van der Waals surface area (Å²) in [5.41, 5.74) is 5.02. The Hall–Kier alpha value is -3.25. The maximum Gasteiger partial charge on any atom is 0.255 e. The predicted molar refractivity (Wildman–Crippen MR) is 141 cm³/mol. The van der Waals surface area contributed by atoms with E-state index in [-0.39, 0.29) is 23.9 Å². The quantitative estimate of drug-likeness (QED) is 0.279. The van der Waals surface area contributed by atoms with E-state index in [4.69, 9.17) is 4.99 Å². The van der Waals surface area contributed by atoms with E-state index in [1.54, 1.807) is 7.05 Å². The van der Waals surface area contributed by atoms with E-state index in [0.717, 1.165) is 25.2 Å². The molecule has 0 bridgehead atoms. The van der Waals surface area contributed by atoms with Gasteiger partial charge in [0.1, 0.15) is 12.5 Å². The number of anilines is 1. The number of rotatable bonds is 7. The molecule has 0 spiro atoms. The normalized spacial score (nSPS) is 22.1. The summed E-state index contributed by atoms with van der Waals surface area (Å²) in [4.78, 5) is 31.9. The number of likely N-dealkylation sites (N-methyl/N-ethyl adjacent to an activating group) is 1. The van der Waals surface area contributed by atoms with Gasteiger partial charge in [-0.05, 0) is 37.0 Å². The van der Waals surface area contributed by atoms with Crippen molar-refractivity contribution in [2.45, 2.75) is 38.9 Å². The molecule has 0 aliphatic carbocycles. The van der Waals surface area contributed by atoms with Gasteiger partial charge in [-0.1, -0.05) is 56.0 Å². The Morgan fingerprint density at radius 1 is 1.09 bits per heavy atom. The number of benzene rings is 2. The smallest absolute Gasteiger partial charge is 0.255 e. The molecule has 0 aromatic heterocycles. The molecule has 3 atom stereocenters. The molecule has 35 heavy (non-hydrogen) atoms. The van der Waals surface area contributed by atoms with Gasteiger partial charge < -0.3 is 9.80 Å². The van der Waals surface area contributed by atoms with Crippen molar-refractivity contribution in [3.05, 3.63) is 77.9 Å². The fourth-order valence-electron chi connectivity index (χ4n) is 5.28. The van der Waals surface area contributed by atoms with E-state index >= 15 is 0 Å². The molecule has 1 N–H and O–H groups in total. The summed E-state index contributed by atoms with van der Waals surface area (Å²) < 4.78 is 0.519. The van der Waals surface area contributed by atoms with Crippen molar-refractivity contribution in [1.29, 1.82) is 0 Å². The van der Waals surface area contributed by atoms with Gasteiger partial charge in [-0.2, -0.15) is 0 Å². The monoisotopic (exact) mass is 473 g/mol. The highest BCUT2D eigenvalue weighted by Crippen LogP contribution is 2.35. The molecule has 2 heterocycles. The van der Waals surface area contributed by atoms with Crippen LogP contribution in [0.25, 0.3) is 0 Å². The Kier molecular flexibility index (Phi) is 7.22. The lowest BCUT2D eigenvalue weighted by molar-refractivity contribution is -0.927.